The first-order valence-corrected chi connectivity index (χ1v) is 6.21. The molecule has 0 aliphatic rings. The summed E-state index contributed by atoms with van der Waals surface area (Å²) in [6, 6.07) is 6.14. The normalized spacial score (nSPS) is 11.1. The van der Waals surface area contributed by atoms with Crippen molar-refractivity contribution in [2.75, 3.05) is 11.9 Å². The predicted molar refractivity (Wildman–Crippen MR) is 78.7 cm³/mol. The number of unbranched alkanes of at least 4 members (excludes halogenated alkanes) is 2. The molecule has 0 saturated heterocycles. The molecule has 1 aromatic carbocycles. The molecule has 96 valence electrons. The van der Waals surface area contributed by atoms with Crippen LogP contribution in [0.15, 0.2) is 23.2 Å². The maximum absolute atomic E-state index is 5.81. The molecule has 0 heterocycles. The van der Waals surface area contributed by atoms with E-state index in [1.54, 1.807) is 0 Å². The Kier molecular flexibility index (Phi) is 5.79. The van der Waals surface area contributed by atoms with Crippen LogP contribution in [0.2, 0.25) is 0 Å². The number of hydrogen-bond acceptors (Lipinski definition) is 1. The van der Waals surface area contributed by atoms with Crippen LogP contribution in [0.1, 0.15) is 30.4 Å². The largest absolute Gasteiger partial charge is 0.370 e. The summed E-state index contributed by atoms with van der Waals surface area (Å²) in [5.74, 6) is 3.07. The highest BCUT2D eigenvalue weighted by Crippen LogP contribution is 2.13. The van der Waals surface area contributed by atoms with Crippen LogP contribution in [0.25, 0.3) is 0 Å². The van der Waals surface area contributed by atoms with Gasteiger partial charge in [-0.3, -0.25) is 4.99 Å². The highest BCUT2D eigenvalue weighted by Gasteiger charge is 1.97. The van der Waals surface area contributed by atoms with Gasteiger partial charge in [-0.05, 0) is 49.9 Å². The zero-order valence-corrected chi connectivity index (χ0v) is 11.2. The molecule has 0 aliphatic carbocycles. The Morgan fingerprint density at radius 1 is 1.33 bits per heavy atom. The van der Waals surface area contributed by atoms with Crippen LogP contribution < -0.4 is 11.1 Å². The topological polar surface area (TPSA) is 50.4 Å². The Labute approximate surface area is 110 Å². The van der Waals surface area contributed by atoms with Gasteiger partial charge in [-0.15, -0.1) is 12.3 Å². The van der Waals surface area contributed by atoms with Gasteiger partial charge >= 0.3 is 0 Å². The van der Waals surface area contributed by atoms with Crippen molar-refractivity contribution in [1.29, 1.82) is 0 Å². The first-order valence-electron chi connectivity index (χ1n) is 6.21. The van der Waals surface area contributed by atoms with E-state index in [2.05, 4.69) is 42.2 Å². The van der Waals surface area contributed by atoms with Gasteiger partial charge in [0.05, 0.1) is 0 Å². The highest BCUT2D eigenvalue weighted by molar-refractivity contribution is 5.92. The number of nitrogens with zero attached hydrogens (tertiary/aromatic N) is 1. The standard InChI is InChI=1S/C15H21N3/c1-4-5-6-7-10-17-15(16)18-14-9-8-12(2)13(3)11-14/h1,8-9,11H,5-7,10H2,2-3H3,(H3,16,17,18). The number of guanidine groups is 1. The Morgan fingerprint density at radius 3 is 2.78 bits per heavy atom. The van der Waals surface area contributed by atoms with Gasteiger partial charge in [0.2, 0.25) is 0 Å². The molecule has 1 aromatic rings. The summed E-state index contributed by atoms with van der Waals surface area (Å²) in [5, 5.41) is 3.09. The number of rotatable bonds is 5. The lowest BCUT2D eigenvalue weighted by atomic mass is 10.1. The second-order valence-electron chi connectivity index (χ2n) is 4.35. The minimum absolute atomic E-state index is 0.457. The molecule has 0 radical (unpaired) electrons. The van der Waals surface area contributed by atoms with Crippen molar-refractivity contribution in [1.82, 2.24) is 0 Å². The lowest BCUT2D eigenvalue weighted by Crippen LogP contribution is -2.22. The van der Waals surface area contributed by atoms with Gasteiger partial charge in [0.15, 0.2) is 5.96 Å². The summed E-state index contributed by atoms with van der Waals surface area (Å²) in [6.07, 6.45) is 7.95. The van der Waals surface area contributed by atoms with Crippen molar-refractivity contribution in [3.8, 4) is 12.3 Å². The van der Waals surface area contributed by atoms with E-state index < -0.39 is 0 Å². The van der Waals surface area contributed by atoms with E-state index >= 15 is 0 Å². The maximum Gasteiger partial charge on any atom is 0.193 e. The smallest absolute Gasteiger partial charge is 0.193 e. The van der Waals surface area contributed by atoms with E-state index in [1.807, 2.05) is 6.07 Å². The molecule has 18 heavy (non-hydrogen) atoms. The average molecular weight is 243 g/mol. The average Bonchev–Trinajstić information content (AvgIpc) is 2.34. The van der Waals surface area contributed by atoms with Gasteiger partial charge in [-0.1, -0.05) is 6.07 Å². The van der Waals surface area contributed by atoms with Gasteiger partial charge in [0.25, 0.3) is 0 Å². The van der Waals surface area contributed by atoms with Crippen molar-refractivity contribution in [2.45, 2.75) is 33.1 Å². The van der Waals surface area contributed by atoms with E-state index in [-0.39, 0.29) is 0 Å². The van der Waals surface area contributed by atoms with E-state index in [4.69, 9.17) is 12.2 Å². The lowest BCUT2D eigenvalue weighted by molar-refractivity contribution is 0.768. The summed E-state index contributed by atoms with van der Waals surface area (Å²) in [7, 11) is 0. The number of terminal acetylenes is 1. The number of nitrogens with one attached hydrogen (secondary N) is 1. The molecule has 0 fully saturated rings. The van der Waals surface area contributed by atoms with Gasteiger partial charge in [0.1, 0.15) is 0 Å². The van der Waals surface area contributed by atoms with Crippen LogP contribution in [-0.4, -0.2) is 12.5 Å². The maximum atomic E-state index is 5.81. The minimum atomic E-state index is 0.457. The molecule has 0 amide bonds. The van der Waals surface area contributed by atoms with Crippen LogP contribution >= 0.6 is 0 Å². The Hall–Kier alpha value is -1.95. The molecular formula is C15H21N3. The van der Waals surface area contributed by atoms with Gasteiger partial charge in [0, 0.05) is 18.7 Å². The zero-order chi connectivity index (χ0) is 13.4. The molecule has 3 nitrogen and oxygen atoms in total. The van der Waals surface area contributed by atoms with E-state index in [1.165, 1.54) is 11.1 Å². The summed E-state index contributed by atoms with van der Waals surface area (Å²) < 4.78 is 0. The Morgan fingerprint density at radius 2 is 2.11 bits per heavy atom. The molecule has 0 spiro atoms. The zero-order valence-electron chi connectivity index (χ0n) is 11.2. The van der Waals surface area contributed by atoms with E-state index in [9.17, 15) is 0 Å². The molecule has 1 rings (SSSR count). The van der Waals surface area contributed by atoms with Crippen LogP contribution in [0, 0.1) is 26.2 Å². The predicted octanol–water partition coefficient (Wildman–Crippen LogP) is 2.83. The number of anilines is 1. The third-order valence-electron chi connectivity index (χ3n) is 2.79. The number of aliphatic imine (C=N–C) groups is 1. The second kappa shape index (κ2) is 7.39. The summed E-state index contributed by atoms with van der Waals surface area (Å²) >= 11 is 0. The van der Waals surface area contributed by atoms with E-state index in [0.717, 1.165) is 24.9 Å². The summed E-state index contributed by atoms with van der Waals surface area (Å²) in [6.45, 7) is 4.88. The Balaban J connectivity index is 2.43. The summed E-state index contributed by atoms with van der Waals surface area (Å²) in [5.41, 5.74) is 9.29. The molecule has 3 N–H and O–H groups in total. The SMILES string of the molecule is C#CCCCCN=C(N)Nc1ccc(C)c(C)c1. The molecule has 0 atom stereocenters. The third-order valence-corrected chi connectivity index (χ3v) is 2.79. The molecular weight excluding hydrogens is 222 g/mol. The molecule has 0 unspecified atom stereocenters. The van der Waals surface area contributed by atoms with Crippen LogP contribution in [0.3, 0.4) is 0 Å². The van der Waals surface area contributed by atoms with Crippen molar-refractivity contribution in [3.05, 3.63) is 29.3 Å². The first kappa shape index (κ1) is 14.1. The first-order chi connectivity index (χ1) is 8.63. The minimum Gasteiger partial charge on any atom is -0.370 e. The Bertz CT molecular complexity index is 455. The number of hydrogen-bond donors (Lipinski definition) is 2. The third kappa shape index (κ3) is 4.92. The van der Waals surface area contributed by atoms with E-state index in [0.29, 0.717) is 12.5 Å². The van der Waals surface area contributed by atoms with Gasteiger partial charge < -0.3 is 11.1 Å². The number of benzene rings is 1. The summed E-state index contributed by atoms with van der Waals surface area (Å²) in [4.78, 5) is 4.26. The van der Waals surface area contributed by atoms with Gasteiger partial charge in [-0.2, -0.15) is 0 Å². The second-order valence-corrected chi connectivity index (χ2v) is 4.35. The van der Waals surface area contributed by atoms with Crippen molar-refractivity contribution >= 4 is 11.6 Å². The van der Waals surface area contributed by atoms with Crippen molar-refractivity contribution < 1.29 is 0 Å². The number of aryl methyl sites for hydroxylation is 2. The van der Waals surface area contributed by atoms with Crippen LogP contribution in [-0.2, 0) is 0 Å². The van der Waals surface area contributed by atoms with Crippen LogP contribution in [0.4, 0.5) is 5.69 Å². The molecule has 0 aliphatic heterocycles. The van der Waals surface area contributed by atoms with Crippen molar-refractivity contribution in [3.63, 3.8) is 0 Å². The number of nitrogens with two attached hydrogens (primary N) is 1. The lowest BCUT2D eigenvalue weighted by Gasteiger charge is -2.08. The quantitative estimate of drug-likeness (QED) is 0.361. The molecule has 0 bridgehead atoms. The fraction of sp³-hybridized carbons (Fsp3) is 0.400. The van der Waals surface area contributed by atoms with Crippen molar-refractivity contribution in [2.24, 2.45) is 10.7 Å². The fourth-order valence-corrected chi connectivity index (χ4v) is 1.54. The van der Waals surface area contributed by atoms with Gasteiger partial charge in [-0.25, -0.2) is 0 Å². The fourth-order valence-electron chi connectivity index (χ4n) is 1.54. The van der Waals surface area contributed by atoms with Crippen LogP contribution in [0.5, 0.6) is 0 Å². The monoisotopic (exact) mass is 243 g/mol. The molecule has 0 aromatic heterocycles. The molecule has 3 heteroatoms. The molecule has 0 saturated carbocycles. The highest BCUT2D eigenvalue weighted by atomic mass is 15.1.